The molecule has 2 rings (SSSR count). The lowest BCUT2D eigenvalue weighted by Crippen LogP contribution is -2.34. The van der Waals surface area contributed by atoms with Crippen molar-refractivity contribution in [2.45, 2.75) is 6.92 Å². The number of ether oxygens (including phenoxy) is 2. The lowest BCUT2D eigenvalue weighted by Gasteiger charge is -2.10. The van der Waals surface area contributed by atoms with E-state index in [9.17, 15) is 19.2 Å². The first-order valence-corrected chi connectivity index (χ1v) is 8.56. The maximum Gasteiger partial charge on any atom is 0.341 e. The Labute approximate surface area is 157 Å². The maximum atomic E-state index is 12.3. The number of hydrogen-bond acceptors (Lipinski definition) is 7. The molecule has 0 aliphatic carbocycles. The number of amides is 2. The van der Waals surface area contributed by atoms with Crippen molar-refractivity contribution in [2.75, 3.05) is 19.8 Å². The molecule has 1 N–H and O–H groups in total. The smallest absolute Gasteiger partial charge is 0.341 e. The van der Waals surface area contributed by atoms with E-state index in [1.165, 1.54) is 18.2 Å². The number of nitrogens with zero attached hydrogens (tertiary/aromatic N) is 1. The third-order valence-corrected chi connectivity index (χ3v) is 4.27. The molecular weight excluding hydrogens is 386 g/mol. The number of thioether (sulfide) groups is 1. The molecule has 1 heterocycles. The van der Waals surface area contributed by atoms with Crippen LogP contribution in [0.3, 0.4) is 0 Å². The highest BCUT2D eigenvalue weighted by Gasteiger charge is 2.36. The lowest BCUT2D eigenvalue weighted by atomic mass is 10.2. The van der Waals surface area contributed by atoms with Crippen LogP contribution in [-0.4, -0.2) is 52.8 Å². The second-order valence-electron chi connectivity index (χ2n) is 4.95. The predicted molar refractivity (Wildman–Crippen MR) is 93.9 cm³/mol. The fourth-order valence-electron chi connectivity index (χ4n) is 1.99. The van der Waals surface area contributed by atoms with E-state index in [1.54, 1.807) is 13.0 Å². The number of aliphatic carboxylic acids is 1. The highest BCUT2D eigenvalue weighted by molar-refractivity contribution is 8.18. The zero-order chi connectivity index (χ0) is 19.3. The molecule has 1 aliphatic heterocycles. The number of esters is 1. The first-order chi connectivity index (χ1) is 12.3. The Bertz CT molecular complexity index is 793. The molecule has 1 fully saturated rings. The van der Waals surface area contributed by atoms with Gasteiger partial charge in [-0.05, 0) is 42.5 Å². The molecule has 138 valence electrons. The van der Waals surface area contributed by atoms with Crippen LogP contribution in [-0.2, 0) is 19.1 Å². The number of benzene rings is 1. The van der Waals surface area contributed by atoms with Gasteiger partial charge in [0.1, 0.15) is 12.3 Å². The number of rotatable bonds is 7. The van der Waals surface area contributed by atoms with Crippen LogP contribution in [0, 0.1) is 0 Å². The Balaban J connectivity index is 2.13. The molecule has 26 heavy (non-hydrogen) atoms. The summed E-state index contributed by atoms with van der Waals surface area (Å²) in [7, 11) is 0. The molecule has 0 radical (unpaired) electrons. The number of hydrogen-bond donors (Lipinski definition) is 1. The maximum absolute atomic E-state index is 12.3. The first-order valence-electron chi connectivity index (χ1n) is 7.37. The van der Waals surface area contributed by atoms with E-state index < -0.39 is 36.2 Å². The molecule has 1 aliphatic rings. The highest BCUT2D eigenvalue weighted by Crippen LogP contribution is 2.33. The Morgan fingerprint density at radius 2 is 2.08 bits per heavy atom. The number of carboxylic acid groups (broad SMARTS) is 1. The summed E-state index contributed by atoms with van der Waals surface area (Å²) < 4.78 is 9.74. The van der Waals surface area contributed by atoms with E-state index in [2.05, 4.69) is 0 Å². The fraction of sp³-hybridized carbons (Fsp3) is 0.250. The van der Waals surface area contributed by atoms with Gasteiger partial charge in [-0.2, -0.15) is 0 Å². The van der Waals surface area contributed by atoms with Crippen molar-refractivity contribution in [1.82, 2.24) is 4.90 Å². The van der Waals surface area contributed by atoms with Crippen molar-refractivity contribution >= 4 is 52.5 Å². The highest BCUT2D eigenvalue weighted by atomic mass is 35.5. The van der Waals surface area contributed by atoms with Crippen LogP contribution < -0.4 is 4.74 Å². The van der Waals surface area contributed by atoms with Crippen molar-refractivity contribution in [1.29, 1.82) is 0 Å². The van der Waals surface area contributed by atoms with Gasteiger partial charge in [0.25, 0.3) is 11.1 Å². The van der Waals surface area contributed by atoms with Crippen molar-refractivity contribution in [2.24, 2.45) is 0 Å². The fourth-order valence-corrected chi connectivity index (χ4v) is 3.07. The molecule has 2 amide bonds. The Morgan fingerprint density at radius 3 is 2.69 bits per heavy atom. The summed E-state index contributed by atoms with van der Waals surface area (Å²) in [6, 6.07) is 4.49. The van der Waals surface area contributed by atoms with Gasteiger partial charge in [-0.25, -0.2) is 4.79 Å². The molecular formula is C16H14ClNO7S. The standard InChI is InChI=1S/C16H14ClNO7S/c1-2-24-14(21)7-18-15(22)12(26-16(18)23)6-9-3-4-11(10(17)5-9)25-8-13(19)20/h3-6H,2,7-8H2,1H3,(H,19,20)/b12-6-. The summed E-state index contributed by atoms with van der Waals surface area (Å²) >= 11 is 6.72. The average molecular weight is 400 g/mol. The van der Waals surface area contributed by atoms with Gasteiger partial charge in [-0.3, -0.25) is 19.3 Å². The van der Waals surface area contributed by atoms with Gasteiger partial charge in [-0.1, -0.05) is 17.7 Å². The van der Waals surface area contributed by atoms with Crippen molar-refractivity contribution < 1.29 is 33.8 Å². The van der Waals surface area contributed by atoms with Crippen LogP contribution in [0.15, 0.2) is 23.1 Å². The van der Waals surface area contributed by atoms with Gasteiger partial charge in [0, 0.05) is 0 Å². The van der Waals surface area contributed by atoms with Crippen LogP contribution in [0.1, 0.15) is 12.5 Å². The third-order valence-electron chi connectivity index (χ3n) is 3.07. The van der Waals surface area contributed by atoms with Crippen molar-refractivity contribution in [3.05, 3.63) is 33.7 Å². The minimum atomic E-state index is -1.14. The van der Waals surface area contributed by atoms with E-state index in [1.807, 2.05) is 0 Å². The van der Waals surface area contributed by atoms with E-state index in [0.29, 0.717) is 17.3 Å². The van der Waals surface area contributed by atoms with Crippen LogP contribution in [0.4, 0.5) is 4.79 Å². The number of carbonyl (C=O) groups is 4. The Kier molecular flexibility index (Phi) is 6.64. The summed E-state index contributed by atoms with van der Waals surface area (Å²) in [4.78, 5) is 47.1. The molecule has 1 aromatic carbocycles. The zero-order valence-electron chi connectivity index (χ0n) is 13.6. The van der Waals surface area contributed by atoms with E-state index in [-0.39, 0.29) is 22.3 Å². The molecule has 8 nitrogen and oxygen atoms in total. The van der Waals surface area contributed by atoms with E-state index >= 15 is 0 Å². The summed E-state index contributed by atoms with van der Waals surface area (Å²) in [6.07, 6.45) is 1.45. The van der Waals surface area contributed by atoms with Crippen LogP contribution >= 0.6 is 23.4 Å². The largest absolute Gasteiger partial charge is 0.480 e. The SMILES string of the molecule is CCOC(=O)CN1C(=O)S/C(=C\c2ccc(OCC(=O)O)c(Cl)c2)C1=O. The molecule has 0 unspecified atom stereocenters. The minimum Gasteiger partial charge on any atom is -0.480 e. The molecule has 0 atom stereocenters. The minimum absolute atomic E-state index is 0.134. The summed E-state index contributed by atoms with van der Waals surface area (Å²) in [6.45, 7) is 0.795. The number of halogens is 1. The second-order valence-corrected chi connectivity index (χ2v) is 6.35. The Hall–Kier alpha value is -2.52. The lowest BCUT2D eigenvalue weighted by molar-refractivity contribution is -0.146. The molecule has 0 aromatic heterocycles. The van der Waals surface area contributed by atoms with Gasteiger partial charge >= 0.3 is 11.9 Å². The van der Waals surface area contributed by atoms with Gasteiger partial charge in [-0.15, -0.1) is 0 Å². The van der Waals surface area contributed by atoms with Crippen molar-refractivity contribution in [3.8, 4) is 5.75 Å². The summed E-state index contributed by atoms with van der Waals surface area (Å²) in [5, 5.41) is 8.19. The monoisotopic (exact) mass is 399 g/mol. The second kappa shape index (κ2) is 8.72. The molecule has 1 saturated heterocycles. The quantitative estimate of drug-likeness (QED) is 0.549. The van der Waals surface area contributed by atoms with Crippen molar-refractivity contribution in [3.63, 3.8) is 0 Å². The van der Waals surface area contributed by atoms with Gasteiger partial charge in [0.05, 0.1) is 16.5 Å². The molecule has 1 aromatic rings. The van der Waals surface area contributed by atoms with Gasteiger partial charge < -0.3 is 14.6 Å². The van der Waals surface area contributed by atoms with Crippen LogP contribution in [0.2, 0.25) is 5.02 Å². The summed E-state index contributed by atoms with van der Waals surface area (Å²) in [5.41, 5.74) is 0.513. The Morgan fingerprint density at radius 1 is 1.35 bits per heavy atom. The third kappa shape index (κ3) is 4.99. The van der Waals surface area contributed by atoms with Crippen LogP contribution in [0.5, 0.6) is 5.75 Å². The predicted octanol–water partition coefficient (Wildman–Crippen LogP) is 2.40. The number of carboxylic acids is 1. The molecule has 0 saturated carbocycles. The number of carbonyl (C=O) groups excluding carboxylic acids is 3. The molecule has 0 spiro atoms. The van der Waals surface area contributed by atoms with Gasteiger partial charge in [0.2, 0.25) is 0 Å². The normalized spacial score (nSPS) is 15.5. The average Bonchev–Trinajstić information content (AvgIpc) is 2.82. The van der Waals surface area contributed by atoms with E-state index in [4.69, 9.17) is 26.2 Å². The first kappa shape index (κ1) is 19.8. The zero-order valence-corrected chi connectivity index (χ0v) is 15.1. The van der Waals surface area contributed by atoms with E-state index in [0.717, 1.165) is 4.90 Å². The molecule has 10 heteroatoms. The number of imide groups is 1. The van der Waals surface area contributed by atoms with Gasteiger partial charge in [0.15, 0.2) is 6.61 Å². The summed E-state index contributed by atoms with van der Waals surface area (Å²) in [5.74, 6) is -2.23. The molecule has 0 bridgehead atoms. The topological polar surface area (TPSA) is 110 Å². The van der Waals surface area contributed by atoms with Crippen LogP contribution in [0.25, 0.3) is 6.08 Å².